The summed E-state index contributed by atoms with van der Waals surface area (Å²) in [6.45, 7) is 22.7. The number of benzene rings is 1. The van der Waals surface area contributed by atoms with Crippen molar-refractivity contribution in [2.24, 2.45) is 0 Å². The summed E-state index contributed by atoms with van der Waals surface area (Å²) in [6, 6.07) is 8.82. The van der Waals surface area contributed by atoms with Gasteiger partial charge in [-0.15, -0.1) is 0 Å². The average Bonchev–Trinajstić information content (AvgIpc) is 2.67. The third kappa shape index (κ3) is 5.41. The molecule has 0 radical (unpaired) electrons. The van der Waals surface area contributed by atoms with Crippen molar-refractivity contribution in [3.05, 3.63) is 35.4 Å². The van der Waals surface area contributed by atoms with E-state index < -0.39 is 0 Å². The molecule has 4 heteroatoms. The number of rotatable bonds is 6. The van der Waals surface area contributed by atoms with Crippen molar-refractivity contribution in [3.8, 4) is 0 Å². The van der Waals surface area contributed by atoms with Gasteiger partial charge in [-0.1, -0.05) is 24.3 Å². The van der Waals surface area contributed by atoms with Crippen LogP contribution >= 0.6 is 0 Å². The lowest BCUT2D eigenvalue weighted by Gasteiger charge is -2.52. The van der Waals surface area contributed by atoms with Gasteiger partial charge >= 0.3 is 0 Å². The molecule has 32 heavy (non-hydrogen) atoms. The average molecular weight is 445 g/mol. The highest BCUT2D eigenvalue weighted by molar-refractivity contribution is 5.25. The Bertz CT molecular complexity index is 669. The van der Waals surface area contributed by atoms with Crippen LogP contribution in [0.25, 0.3) is 0 Å². The van der Waals surface area contributed by atoms with Gasteiger partial charge in [-0.2, -0.15) is 10.1 Å². The lowest BCUT2D eigenvalue weighted by molar-refractivity contribution is -0.304. The smallest absolute Gasteiger partial charge is 0.102 e. The molecule has 2 atom stereocenters. The second kappa shape index (κ2) is 9.02. The van der Waals surface area contributed by atoms with E-state index in [1.54, 1.807) is 0 Å². The van der Waals surface area contributed by atoms with Crippen LogP contribution in [0, 0.1) is 0 Å². The van der Waals surface area contributed by atoms with Crippen LogP contribution < -0.4 is 0 Å². The largest absolute Gasteiger partial charge is 0.290 e. The molecule has 2 heterocycles. The standard InChI is InChI=1S/C28H48N2O2/c1-21(31-29-25(3,4)17-11-18-26(29,5)6)23-13-15-24(16-14-23)22(2)32-30-27(7,8)19-12-20-28(30,9)10/h13-16,21-22H,11-12,17-20H2,1-10H3. The maximum atomic E-state index is 6.58. The van der Waals surface area contributed by atoms with Crippen molar-refractivity contribution in [1.82, 2.24) is 10.1 Å². The fourth-order valence-corrected chi connectivity index (χ4v) is 6.00. The summed E-state index contributed by atoms with van der Waals surface area (Å²) in [5, 5.41) is 4.52. The van der Waals surface area contributed by atoms with Gasteiger partial charge in [0.15, 0.2) is 0 Å². The van der Waals surface area contributed by atoms with Crippen LogP contribution in [0.3, 0.4) is 0 Å². The number of piperidine rings is 2. The number of hydroxylamine groups is 4. The molecular weight excluding hydrogens is 396 g/mol. The Kier molecular flexibility index (Phi) is 7.24. The third-order valence-corrected chi connectivity index (χ3v) is 7.76. The highest BCUT2D eigenvalue weighted by Crippen LogP contribution is 2.42. The highest BCUT2D eigenvalue weighted by atomic mass is 16.7. The SMILES string of the molecule is CC(ON1C(C)(C)CCCC1(C)C)c1ccc(C(C)ON2C(C)(C)CCCC2(C)C)cc1. The molecule has 0 aromatic heterocycles. The van der Waals surface area contributed by atoms with Gasteiger partial charge in [0.25, 0.3) is 0 Å². The zero-order valence-electron chi connectivity index (χ0n) is 22.4. The van der Waals surface area contributed by atoms with Gasteiger partial charge in [-0.3, -0.25) is 9.68 Å². The van der Waals surface area contributed by atoms with Crippen LogP contribution in [0.5, 0.6) is 0 Å². The Hall–Kier alpha value is -0.940. The molecule has 2 fully saturated rings. The van der Waals surface area contributed by atoms with E-state index in [1.807, 2.05) is 0 Å². The molecular formula is C28H48N2O2. The first-order valence-corrected chi connectivity index (χ1v) is 12.7. The predicted molar refractivity (Wildman–Crippen MR) is 133 cm³/mol. The topological polar surface area (TPSA) is 24.9 Å². The van der Waals surface area contributed by atoms with Crippen LogP contribution in [0.4, 0.5) is 0 Å². The minimum Gasteiger partial charge on any atom is -0.290 e. The summed E-state index contributed by atoms with van der Waals surface area (Å²) in [6.07, 6.45) is 7.20. The molecule has 2 aliphatic heterocycles. The summed E-state index contributed by atoms with van der Waals surface area (Å²) in [5.41, 5.74) is 2.60. The molecule has 1 aromatic carbocycles. The van der Waals surface area contributed by atoms with E-state index in [0.717, 1.165) is 0 Å². The maximum Gasteiger partial charge on any atom is 0.102 e. The zero-order valence-corrected chi connectivity index (χ0v) is 22.4. The summed E-state index contributed by atoms with van der Waals surface area (Å²) in [5.74, 6) is 0. The van der Waals surface area contributed by atoms with Crippen LogP contribution in [0.2, 0.25) is 0 Å². The molecule has 182 valence electrons. The first-order valence-electron chi connectivity index (χ1n) is 12.7. The zero-order chi connectivity index (χ0) is 23.9. The van der Waals surface area contributed by atoms with E-state index in [4.69, 9.17) is 9.68 Å². The molecule has 3 rings (SSSR count). The fourth-order valence-electron chi connectivity index (χ4n) is 6.00. The fraction of sp³-hybridized carbons (Fsp3) is 0.786. The summed E-state index contributed by atoms with van der Waals surface area (Å²) in [4.78, 5) is 13.2. The Labute approximate surface area is 197 Å². The van der Waals surface area contributed by atoms with Crippen LogP contribution in [-0.4, -0.2) is 32.3 Å². The molecule has 0 spiro atoms. The highest BCUT2D eigenvalue weighted by Gasteiger charge is 2.44. The molecule has 0 bridgehead atoms. The van der Waals surface area contributed by atoms with Gasteiger partial charge in [0, 0.05) is 22.2 Å². The van der Waals surface area contributed by atoms with E-state index in [9.17, 15) is 0 Å². The second-order valence-electron chi connectivity index (χ2n) is 12.7. The Morgan fingerprint density at radius 1 is 0.562 bits per heavy atom. The molecule has 2 unspecified atom stereocenters. The molecule has 0 amide bonds. The van der Waals surface area contributed by atoms with Crippen molar-refractivity contribution in [1.29, 1.82) is 0 Å². The van der Waals surface area contributed by atoms with Crippen molar-refractivity contribution in [3.63, 3.8) is 0 Å². The number of hydrogen-bond donors (Lipinski definition) is 0. The normalized spacial score (nSPS) is 27.1. The van der Waals surface area contributed by atoms with Crippen LogP contribution in [0.1, 0.15) is 131 Å². The van der Waals surface area contributed by atoms with Gasteiger partial charge in [0.2, 0.25) is 0 Å². The van der Waals surface area contributed by atoms with E-state index in [1.165, 1.54) is 49.7 Å². The predicted octanol–water partition coefficient (Wildman–Crippen LogP) is 7.76. The lowest BCUT2D eigenvalue weighted by Crippen LogP contribution is -2.58. The van der Waals surface area contributed by atoms with E-state index in [-0.39, 0.29) is 34.4 Å². The van der Waals surface area contributed by atoms with E-state index in [0.29, 0.717) is 0 Å². The molecule has 0 N–H and O–H groups in total. The first-order chi connectivity index (χ1) is 14.7. The maximum absolute atomic E-state index is 6.58. The van der Waals surface area contributed by atoms with Crippen LogP contribution in [0.15, 0.2) is 24.3 Å². The van der Waals surface area contributed by atoms with Gasteiger partial charge in [0.05, 0.1) is 0 Å². The third-order valence-electron chi connectivity index (χ3n) is 7.76. The van der Waals surface area contributed by atoms with Gasteiger partial charge < -0.3 is 0 Å². The molecule has 1 aromatic rings. The van der Waals surface area contributed by atoms with Crippen molar-refractivity contribution in [2.45, 2.75) is 142 Å². The minimum atomic E-state index is 0.0110. The van der Waals surface area contributed by atoms with Gasteiger partial charge in [0.1, 0.15) is 12.2 Å². The van der Waals surface area contributed by atoms with Gasteiger partial charge in [-0.05, 0) is 119 Å². The Balaban J connectivity index is 1.69. The van der Waals surface area contributed by atoms with Gasteiger partial charge in [-0.25, -0.2) is 0 Å². The van der Waals surface area contributed by atoms with Crippen LogP contribution in [-0.2, 0) is 9.68 Å². The minimum absolute atomic E-state index is 0.0110. The quantitative estimate of drug-likeness (QED) is 0.447. The van der Waals surface area contributed by atoms with E-state index >= 15 is 0 Å². The van der Waals surface area contributed by atoms with E-state index in [2.05, 4.69) is 104 Å². The second-order valence-corrected chi connectivity index (χ2v) is 12.7. The van der Waals surface area contributed by atoms with Crippen molar-refractivity contribution < 1.29 is 9.68 Å². The first kappa shape index (κ1) is 25.7. The molecule has 2 aliphatic rings. The molecule has 0 saturated carbocycles. The Morgan fingerprint density at radius 3 is 1.06 bits per heavy atom. The molecule has 0 aliphatic carbocycles. The number of nitrogens with zero attached hydrogens (tertiary/aromatic N) is 2. The summed E-state index contributed by atoms with van der Waals surface area (Å²) in [7, 11) is 0. The summed E-state index contributed by atoms with van der Waals surface area (Å²) < 4.78 is 0. The van der Waals surface area contributed by atoms with Crippen molar-refractivity contribution in [2.75, 3.05) is 0 Å². The number of hydrogen-bond acceptors (Lipinski definition) is 4. The lowest BCUT2D eigenvalue weighted by atomic mass is 9.82. The Morgan fingerprint density at radius 2 is 0.812 bits per heavy atom. The molecule has 4 nitrogen and oxygen atoms in total. The summed E-state index contributed by atoms with van der Waals surface area (Å²) >= 11 is 0. The molecule has 2 saturated heterocycles. The van der Waals surface area contributed by atoms with Crippen molar-refractivity contribution >= 4 is 0 Å². The monoisotopic (exact) mass is 444 g/mol.